The Morgan fingerprint density at radius 3 is 2.10 bits per heavy atom. The molecule has 0 bridgehead atoms. The standard InChI is InChI=1S/C31H43NO8/c1-2-3-14-32-15-17-33-19-21-35-28-27-26(23-37-30(40-27)24-10-6-4-7-11-24)39-31(38-25-12-8-5-9-13-25)29(28)36-22-20-34-18-16-32/h4-13,26-31H,2-3,14-23H2,1H3/t26-,27-,28+,29-,30-,31-/m1/s1. The summed E-state index contributed by atoms with van der Waals surface area (Å²) in [6, 6.07) is 19.5. The van der Waals surface area contributed by atoms with Crippen molar-refractivity contribution in [1.29, 1.82) is 0 Å². The van der Waals surface area contributed by atoms with E-state index in [0.717, 1.165) is 38.0 Å². The summed E-state index contributed by atoms with van der Waals surface area (Å²) in [6.07, 6.45) is -0.720. The van der Waals surface area contributed by atoms with E-state index in [0.29, 0.717) is 52.0 Å². The Bertz CT molecular complexity index is 966. The second-order valence-electron chi connectivity index (χ2n) is 10.2. The minimum atomic E-state index is -0.713. The zero-order valence-electron chi connectivity index (χ0n) is 23.4. The van der Waals surface area contributed by atoms with Gasteiger partial charge in [-0.1, -0.05) is 61.9 Å². The molecule has 5 rings (SSSR count). The van der Waals surface area contributed by atoms with Crippen molar-refractivity contribution in [1.82, 2.24) is 4.90 Å². The lowest BCUT2D eigenvalue weighted by Gasteiger charge is -2.48. The third-order valence-corrected chi connectivity index (χ3v) is 7.36. The summed E-state index contributed by atoms with van der Waals surface area (Å²) in [5, 5.41) is 0. The molecule has 2 aromatic carbocycles. The zero-order chi connectivity index (χ0) is 27.4. The number of unbranched alkanes of at least 4 members (excludes halogenated alkanes) is 1. The molecule has 40 heavy (non-hydrogen) atoms. The Morgan fingerprint density at radius 1 is 0.725 bits per heavy atom. The highest BCUT2D eigenvalue weighted by molar-refractivity contribution is 5.21. The van der Waals surface area contributed by atoms with E-state index in [4.69, 9.17) is 37.9 Å². The molecular weight excluding hydrogens is 514 g/mol. The number of rotatable bonds is 6. The van der Waals surface area contributed by atoms with Gasteiger partial charge in [-0.2, -0.15) is 0 Å². The van der Waals surface area contributed by atoms with Crippen LogP contribution in [0.5, 0.6) is 5.75 Å². The largest absolute Gasteiger partial charge is 0.462 e. The van der Waals surface area contributed by atoms with Crippen LogP contribution in [0.15, 0.2) is 60.7 Å². The fraction of sp³-hybridized carbons (Fsp3) is 0.613. The van der Waals surface area contributed by atoms with Gasteiger partial charge in [0.25, 0.3) is 0 Å². The van der Waals surface area contributed by atoms with Crippen molar-refractivity contribution in [2.24, 2.45) is 0 Å². The van der Waals surface area contributed by atoms with Crippen molar-refractivity contribution in [2.75, 3.05) is 65.9 Å². The minimum absolute atomic E-state index is 0.346. The lowest BCUT2D eigenvalue weighted by atomic mass is 9.97. The Labute approximate surface area is 237 Å². The maximum Gasteiger partial charge on any atom is 0.229 e. The Kier molecular flexibility index (Phi) is 11.6. The number of nitrogens with zero attached hydrogens (tertiary/aromatic N) is 1. The van der Waals surface area contributed by atoms with Crippen LogP contribution in [0, 0.1) is 0 Å². The van der Waals surface area contributed by atoms with Gasteiger partial charge >= 0.3 is 0 Å². The summed E-state index contributed by atoms with van der Waals surface area (Å²) in [7, 11) is 0. The van der Waals surface area contributed by atoms with E-state index in [1.54, 1.807) is 0 Å². The summed E-state index contributed by atoms with van der Waals surface area (Å²) in [6.45, 7) is 8.34. The lowest BCUT2D eigenvalue weighted by molar-refractivity contribution is -0.360. The van der Waals surface area contributed by atoms with Crippen molar-refractivity contribution in [3.05, 3.63) is 66.2 Å². The van der Waals surface area contributed by atoms with Crippen LogP contribution in [0.3, 0.4) is 0 Å². The van der Waals surface area contributed by atoms with Gasteiger partial charge in [0, 0.05) is 18.7 Å². The van der Waals surface area contributed by atoms with Crippen molar-refractivity contribution >= 4 is 0 Å². The lowest BCUT2D eigenvalue weighted by Crippen LogP contribution is -2.64. The molecule has 0 radical (unpaired) electrons. The van der Waals surface area contributed by atoms with Crippen LogP contribution in [-0.4, -0.2) is 101 Å². The van der Waals surface area contributed by atoms with Gasteiger partial charge < -0.3 is 37.9 Å². The molecule has 0 unspecified atom stereocenters. The highest BCUT2D eigenvalue weighted by Gasteiger charge is 2.52. The molecule has 6 atom stereocenters. The monoisotopic (exact) mass is 557 g/mol. The molecule has 220 valence electrons. The van der Waals surface area contributed by atoms with Crippen molar-refractivity contribution in [3.8, 4) is 5.75 Å². The molecule has 9 nitrogen and oxygen atoms in total. The molecule has 3 aliphatic rings. The molecule has 3 saturated heterocycles. The van der Waals surface area contributed by atoms with Crippen molar-refractivity contribution < 1.29 is 37.9 Å². The maximum atomic E-state index is 6.50. The van der Waals surface area contributed by atoms with Gasteiger partial charge in [-0.25, -0.2) is 0 Å². The number of benzene rings is 2. The van der Waals surface area contributed by atoms with Gasteiger partial charge in [-0.05, 0) is 25.1 Å². The van der Waals surface area contributed by atoms with Crippen molar-refractivity contribution in [2.45, 2.75) is 56.8 Å². The summed E-state index contributed by atoms with van der Waals surface area (Å²) < 4.78 is 50.2. The van der Waals surface area contributed by atoms with Crippen LogP contribution >= 0.6 is 0 Å². The Balaban J connectivity index is 1.32. The number of hydrogen-bond donors (Lipinski definition) is 0. The summed E-state index contributed by atoms with van der Waals surface area (Å²) in [4.78, 5) is 2.40. The molecule has 0 amide bonds. The topological polar surface area (TPSA) is 77.1 Å². The predicted molar refractivity (Wildman–Crippen MR) is 148 cm³/mol. The first kappa shape index (κ1) is 29.4. The van der Waals surface area contributed by atoms with Crippen LogP contribution < -0.4 is 4.74 Å². The summed E-state index contributed by atoms with van der Waals surface area (Å²) >= 11 is 0. The molecule has 3 aliphatic heterocycles. The number of fused-ring (bicyclic) bond motifs is 3. The summed E-state index contributed by atoms with van der Waals surface area (Å²) in [5.74, 6) is 0.691. The predicted octanol–water partition coefficient (Wildman–Crippen LogP) is 3.82. The van der Waals surface area contributed by atoms with Crippen LogP contribution in [-0.2, 0) is 33.2 Å². The van der Waals surface area contributed by atoms with Gasteiger partial charge in [0.2, 0.25) is 6.29 Å². The Morgan fingerprint density at radius 2 is 1.40 bits per heavy atom. The van der Waals surface area contributed by atoms with Crippen LogP contribution in [0.1, 0.15) is 31.6 Å². The molecule has 0 spiro atoms. The average molecular weight is 558 g/mol. The van der Waals surface area contributed by atoms with Gasteiger partial charge in [-0.3, -0.25) is 4.90 Å². The highest BCUT2D eigenvalue weighted by atomic mass is 16.8. The van der Waals surface area contributed by atoms with Gasteiger partial charge in [0.05, 0.1) is 46.2 Å². The number of para-hydroxylation sites is 1. The van der Waals surface area contributed by atoms with E-state index in [1.807, 2.05) is 60.7 Å². The quantitative estimate of drug-likeness (QED) is 0.527. The van der Waals surface area contributed by atoms with E-state index in [-0.39, 0.29) is 6.10 Å². The van der Waals surface area contributed by atoms with Crippen LogP contribution in [0.2, 0.25) is 0 Å². The summed E-state index contributed by atoms with van der Waals surface area (Å²) in [5.41, 5.74) is 0.947. The van der Waals surface area contributed by atoms with E-state index >= 15 is 0 Å². The maximum absolute atomic E-state index is 6.50. The average Bonchev–Trinajstić information content (AvgIpc) is 3.00. The second kappa shape index (κ2) is 15.8. The van der Waals surface area contributed by atoms with E-state index in [9.17, 15) is 0 Å². The third kappa shape index (κ3) is 8.24. The first-order chi connectivity index (χ1) is 19.8. The minimum Gasteiger partial charge on any atom is -0.462 e. The first-order valence-corrected chi connectivity index (χ1v) is 14.6. The molecule has 0 saturated carbocycles. The SMILES string of the molecule is CCCCN1CCOCCO[C@@H]2[C@@H](OCCOCC1)[C@H](Oc1ccccc1)O[C@@H]1CO[C@@H](c3ccccc3)O[C@@H]21. The molecule has 0 N–H and O–H groups in total. The van der Waals surface area contributed by atoms with Gasteiger partial charge in [0.1, 0.15) is 30.2 Å². The Hall–Kier alpha value is -2.08. The highest BCUT2D eigenvalue weighted by Crippen LogP contribution is 2.37. The van der Waals surface area contributed by atoms with Crippen LogP contribution in [0.25, 0.3) is 0 Å². The van der Waals surface area contributed by atoms with Crippen LogP contribution in [0.4, 0.5) is 0 Å². The van der Waals surface area contributed by atoms with Gasteiger partial charge in [0.15, 0.2) is 6.29 Å². The zero-order valence-corrected chi connectivity index (χ0v) is 23.4. The smallest absolute Gasteiger partial charge is 0.229 e. The third-order valence-electron chi connectivity index (χ3n) is 7.36. The fourth-order valence-electron chi connectivity index (χ4n) is 5.21. The molecule has 9 heteroatoms. The number of hydrogen-bond acceptors (Lipinski definition) is 9. The molecule has 3 heterocycles. The molecule has 2 aromatic rings. The first-order valence-electron chi connectivity index (χ1n) is 14.6. The van der Waals surface area contributed by atoms with E-state index < -0.39 is 30.9 Å². The molecule has 0 aromatic heterocycles. The van der Waals surface area contributed by atoms with E-state index in [2.05, 4.69) is 11.8 Å². The fourth-order valence-corrected chi connectivity index (χ4v) is 5.21. The normalized spacial score (nSPS) is 31.2. The van der Waals surface area contributed by atoms with Crippen molar-refractivity contribution in [3.63, 3.8) is 0 Å². The van der Waals surface area contributed by atoms with E-state index in [1.165, 1.54) is 0 Å². The second-order valence-corrected chi connectivity index (χ2v) is 10.2. The molecular formula is C31H43NO8. The number of ether oxygens (including phenoxy) is 8. The van der Waals surface area contributed by atoms with Gasteiger partial charge in [-0.15, -0.1) is 0 Å². The molecule has 3 fully saturated rings. The molecule has 0 aliphatic carbocycles.